The number of aliphatic hydroxyl groups is 8. The van der Waals surface area contributed by atoms with Gasteiger partial charge in [-0.05, 0) is 19.3 Å². The second-order valence-electron chi connectivity index (χ2n) is 20.1. The van der Waals surface area contributed by atoms with Crippen LogP contribution in [0.1, 0.15) is 232 Å². The van der Waals surface area contributed by atoms with Gasteiger partial charge < -0.3 is 65.1 Å². The van der Waals surface area contributed by atoms with E-state index in [1.54, 1.807) is 6.08 Å². The van der Waals surface area contributed by atoms with Crippen LogP contribution >= 0.6 is 0 Å². The van der Waals surface area contributed by atoms with E-state index in [9.17, 15) is 45.6 Å². The van der Waals surface area contributed by atoms with E-state index >= 15 is 0 Å². The van der Waals surface area contributed by atoms with Crippen molar-refractivity contribution in [1.82, 2.24) is 5.32 Å². The van der Waals surface area contributed by atoms with Crippen molar-refractivity contribution >= 4 is 5.91 Å². The summed E-state index contributed by atoms with van der Waals surface area (Å²) in [5.74, 6) is -0.273. The average molecular weight is 974 g/mol. The van der Waals surface area contributed by atoms with E-state index in [0.717, 1.165) is 25.7 Å². The van der Waals surface area contributed by atoms with Crippen LogP contribution in [0.3, 0.4) is 0 Å². The Balaban J connectivity index is 1.52. The molecule has 2 saturated heterocycles. The number of allylic oxidation sites excluding steroid dienone is 1. The van der Waals surface area contributed by atoms with Gasteiger partial charge in [0, 0.05) is 6.42 Å². The molecule has 9 N–H and O–H groups in total. The van der Waals surface area contributed by atoms with Gasteiger partial charge in [0.2, 0.25) is 5.91 Å². The maximum absolute atomic E-state index is 12.7. The summed E-state index contributed by atoms with van der Waals surface area (Å²) < 4.78 is 22.5. The van der Waals surface area contributed by atoms with E-state index in [1.165, 1.54) is 180 Å². The first-order valence-corrected chi connectivity index (χ1v) is 27.9. The maximum Gasteiger partial charge on any atom is 0.220 e. The van der Waals surface area contributed by atoms with Gasteiger partial charge in [0.25, 0.3) is 0 Å². The van der Waals surface area contributed by atoms with Crippen LogP contribution in [0.2, 0.25) is 0 Å². The zero-order chi connectivity index (χ0) is 49.6. The van der Waals surface area contributed by atoms with Crippen molar-refractivity contribution in [2.24, 2.45) is 0 Å². The zero-order valence-electron chi connectivity index (χ0n) is 42.9. The van der Waals surface area contributed by atoms with Crippen LogP contribution in [0.4, 0.5) is 0 Å². The minimum absolute atomic E-state index is 0.258. The maximum atomic E-state index is 12.7. The summed E-state index contributed by atoms with van der Waals surface area (Å²) in [6.07, 6.45) is 30.1. The first kappa shape index (κ1) is 62.8. The molecule has 2 aliphatic rings. The van der Waals surface area contributed by atoms with Gasteiger partial charge in [-0.2, -0.15) is 0 Å². The minimum atomic E-state index is -1.78. The summed E-state index contributed by atoms with van der Waals surface area (Å²) >= 11 is 0. The number of hydrogen-bond donors (Lipinski definition) is 9. The fourth-order valence-electron chi connectivity index (χ4n) is 9.39. The van der Waals surface area contributed by atoms with Gasteiger partial charge in [0.15, 0.2) is 12.6 Å². The number of carbonyl (C=O) groups excluding carboxylic acids is 1. The smallest absolute Gasteiger partial charge is 0.220 e. The van der Waals surface area contributed by atoms with Gasteiger partial charge in [0.05, 0.1) is 32.0 Å². The number of carbonyl (C=O) groups is 1. The van der Waals surface area contributed by atoms with Gasteiger partial charge in [-0.3, -0.25) is 4.79 Å². The molecule has 402 valence electrons. The van der Waals surface area contributed by atoms with Gasteiger partial charge in [-0.25, -0.2) is 0 Å². The van der Waals surface area contributed by atoms with E-state index in [1.807, 2.05) is 13.0 Å². The standard InChI is InChI=1S/C54H103NO13/c1-3-5-7-8-9-10-11-12-13-14-15-16-17-18-19-20-21-22-23-24-25-26-27-28-29-30-31-32-33-34-35-36-37-43(58)42(55-46(59)38-6-4-2)41-65-53-51(64)49(62)52(45(40-57)67-53)68-54-50(63)48(61)47(60)44(39-56)66-54/h36-37,42-45,47-54,56-58,60-64H,3-35,38-41H2,1-2H3,(H,55,59)/b37-36+. The Morgan fingerprint density at radius 2 is 0.912 bits per heavy atom. The van der Waals surface area contributed by atoms with Crippen LogP contribution in [0.15, 0.2) is 12.2 Å². The lowest BCUT2D eigenvalue weighted by molar-refractivity contribution is -0.359. The molecule has 0 radical (unpaired) electrons. The fraction of sp³-hybridized carbons (Fsp3) is 0.944. The number of unbranched alkanes of at least 4 members (excludes halogenated alkanes) is 31. The third-order valence-corrected chi connectivity index (χ3v) is 14.0. The van der Waals surface area contributed by atoms with E-state index in [2.05, 4.69) is 12.2 Å². The molecule has 0 bridgehead atoms. The number of amides is 1. The van der Waals surface area contributed by atoms with Crippen molar-refractivity contribution in [3.8, 4) is 0 Å². The van der Waals surface area contributed by atoms with Crippen LogP contribution in [0, 0.1) is 0 Å². The third-order valence-electron chi connectivity index (χ3n) is 14.0. The number of hydrogen-bond acceptors (Lipinski definition) is 13. The summed E-state index contributed by atoms with van der Waals surface area (Å²) in [6.45, 7) is 2.54. The molecule has 0 saturated carbocycles. The van der Waals surface area contributed by atoms with Crippen LogP contribution in [0.5, 0.6) is 0 Å². The van der Waals surface area contributed by atoms with Crippen molar-refractivity contribution in [3.63, 3.8) is 0 Å². The lowest BCUT2D eigenvalue weighted by Crippen LogP contribution is -2.65. The third kappa shape index (κ3) is 27.5. The van der Waals surface area contributed by atoms with Crippen molar-refractivity contribution in [2.75, 3.05) is 19.8 Å². The molecular formula is C54H103NO13. The molecule has 12 unspecified atom stereocenters. The Morgan fingerprint density at radius 1 is 0.515 bits per heavy atom. The molecule has 2 aliphatic heterocycles. The molecule has 14 nitrogen and oxygen atoms in total. The molecule has 14 heteroatoms. The monoisotopic (exact) mass is 974 g/mol. The lowest BCUT2D eigenvalue weighted by atomic mass is 9.97. The summed E-state index contributed by atoms with van der Waals surface area (Å²) in [4.78, 5) is 12.7. The van der Waals surface area contributed by atoms with Crippen molar-refractivity contribution in [1.29, 1.82) is 0 Å². The second kappa shape index (κ2) is 41.2. The Bertz CT molecular complexity index is 1200. The first-order chi connectivity index (χ1) is 33.1. The highest BCUT2D eigenvalue weighted by molar-refractivity contribution is 5.76. The van der Waals surface area contributed by atoms with E-state index in [4.69, 9.17) is 18.9 Å². The van der Waals surface area contributed by atoms with E-state index in [-0.39, 0.29) is 18.9 Å². The van der Waals surface area contributed by atoms with E-state index in [0.29, 0.717) is 6.42 Å². The Morgan fingerprint density at radius 3 is 1.34 bits per heavy atom. The minimum Gasteiger partial charge on any atom is -0.394 e. The summed E-state index contributed by atoms with van der Waals surface area (Å²) in [6, 6.07) is -0.905. The lowest BCUT2D eigenvalue weighted by Gasteiger charge is -2.46. The molecule has 12 atom stereocenters. The molecular weight excluding hydrogens is 871 g/mol. The normalized spacial score (nSPS) is 26.4. The molecule has 0 aromatic heterocycles. The van der Waals surface area contributed by atoms with Gasteiger partial charge >= 0.3 is 0 Å². The molecule has 2 heterocycles. The summed E-state index contributed by atoms with van der Waals surface area (Å²) in [5.41, 5.74) is 0. The van der Waals surface area contributed by atoms with Crippen LogP contribution in [-0.4, -0.2) is 140 Å². The van der Waals surface area contributed by atoms with E-state index < -0.39 is 86.8 Å². The highest BCUT2D eigenvalue weighted by Crippen LogP contribution is 2.30. The Kier molecular flexibility index (Phi) is 38.1. The molecule has 2 fully saturated rings. The number of rotatable bonds is 44. The van der Waals surface area contributed by atoms with Crippen LogP contribution in [0.25, 0.3) is 0 Å². The predicted octanol–water partition coefficient (Wildman–Crippen LogP) is 8.33. The van der Waals surface area contributed by atoms with Crippen molar-refractivity contribution in [3.05, 3.63) is 12.2 Å². The molecule has 0 spiro atoms. The zero-order valence-corrected chi connectivity index (χ0v) is 42.9. The van der Waals surface area contributed by atoms with Crippen molar-refractivity contribution < 1.29 is 64.6 Å². The Labute approximate surface area is 412 Å². The molecule has 0 aromatic carbocycles. The van der Waals surface area contributed by atoms with Crippen LogP contribution < -0.4 is 5.32 Å². The van der Waals surface area contributed by atoms with Gasteiger partial charge in [-0.15, -0.1) is 0 Å². The van der Waals surface area contributed by atoms with Crippen molar-refractivity contribution in [2.45, 2.75) is 306 Å². The van der Waals surface area contributed by atoms with Gasteiger partial charge in [0.1, 0.15) is 48.8 Å². The molecule has 2 rings (SSSR count). The molecule has 68 heavy (non-hydrogen) atoms. The number of nitrogens with one attached hydrogen (secondary N) is 1. The Hall–Kier alpha value is -1.27. The largest absolute Gasteiger partial charge is 0.394 e. The second-order valence-corrected chi connectivity index (χ2v) is 20.1. The van der Waals surface area contributed by atoms with Gasteiger partial charge in [-0.1, -0.05) is 219 Å². The molecule has 1 amide bonds. The number of aliphatic hydroxyl groups excluding tert-OH is 8. The summed E-state index contributed by atoms with van der Waals surface area (Å²) in [7, 11) is 0. The quantitative estimate of drug-likeness (QED) is 0.0207. The molecule has 0 aliphatic carbocycles. The first-order valence-electron chi connectivity index (χ1n) is 27.9. The average Bonchev–Trinajstić information content (AvgIpc) is 3.34. The topological polar surface area (TPSA) is 228 Å². The number of ether oxygens (including phenoxy) is 4. The highest BCUT2D eigenvalue weighted by Gasteiger charge is 2.51. The fourth-order valence-corrected chi connectivity index (χ4v) is 9.39. The summed E-state index contributed by atoms with van der Waals surface area (Å²) in [5, 5.41) is 86.0. The van der Waals surface area contributed by atoms with Crippen LogP contribution in [-0.2, 0) is 23.7 Å². The predicted molar refractivity (Wildman–Crippen MR) is 268 cm³/mol. The SMILES string of the molecule is CCCCCCCCCCCCCCCCCCCCCCCCCCCCCCCC/C=C/C(O)C(COC1OC(CO)C(OC2OC(CO)C(O)C(O)C2O)C(O)C1O)NC(=O)CCCC. The molecule has 0 aromatic rings. The highest BCUT2D eigenvalue weighted by atomic mass is 16.7.